The number of carbonyl (C=O) groups is 2. The van der Waals surface area contributed by atoms with Gasteiger partial charge < -0.3 is 20.1 Å². The van der Waals surface area contributed by atoms with Crippen molar-refractivity contribution in [2.24, 2.45) is 0 Å². The second kappa shape index (κ2) is 8.62. The third-order valence-electron chi connectivity index (χ3n) is 5.03. The molecule has 8 heteroatoms. The van der Waals surface area contributed by atoms with Gasteiger partial charge in [0.1, 0.15) is 12.6 Å². The summed E-state index contributed by atoms with van der Waals surface area (Å²) in [5.41, 5.74) is 3.14. The molecule has 2 aromatic carbocycles. The van der Waals surface area contributed by atoms with E-state index < -0.39 is 24.2 Å². The molecule has 0 fully saturated rings. The van der Waals surface area contributed by atoms with Crippen molar-refractivity contribution in [1.29, 1.82) is 5.26 Å². The average molecular weight is 426 g/mol. The smallest absolute Gasteiger partial charge is 0.322 e. The topological polar surface area (TPSA) is 128 Å². The Labute approximate surface area is 183 Å². The molecule has 0 unspecified atom stereocenters. The lowest BCUT2D eigenvalue weighted by Gasteiger charge is -2.10. The molecule has 0 aliphatic heterocycles. The van der Waals surface area contributed by atoms with E-state index in [4.69, 9.17) is 5.11 Å². The van der Waals surface area contributed by atoms with Crippen molar-refractivity contribution in [3.8, 4) is 22.9 Å². The van der Waals surface area contributed by atoms with E-state index in [0.717, 1.165) is 16.7 Å². The number of nitrogens with one attached hydrogen (secondary N) is 1. The lowest BCUT2D eigenvalue weighted by molar-refractivity contribution is -0.135. The molecule has 2 heterocycles. The number of pyridine rings is 1. The van der Waals surface area contributed by atoms with Crippen molar-refractivity contribution in [2.75, 3.05) is 6.54 Å². The van der Waals surface area contributed by atoms with Gasteiger partial charge in [0.25, 0.3) is 5.91 Å². The van der Waals surface area contributed by atoms with Crippen molar-refractivity contribution >= 4 is 22.8 Å². The van der Waals surface area contributed by atoms with E-state index in [0.29, 0.717) is 12.1 Å². The summed E-state index contributed by atoms with van der Waals surface area (Å²) in [7, 11) is 0. The van der Waals surface area contributed by atoms with E-state index in [1.54, 1.807) is 16.8 Å². The third kappa shape index (κ3) is 4.00. The highest BCUT2D eigenvalue weighted by Crippen LogP contribution is 2.31. The van der Waals surface area contributed by atoms with Crippen molar-refractivity contribution in [3.63, 3.8) is 0 Å². The Balaban J connectivity index is 1.66. The van der Waals surface area contributed by atoms with Gasteiger partial charge in [0.15, 0.2) is 17.1 Å². The predicted molar refractivity (Wildman–Crippen MR) is 117 cm³/mol. The quantitative estimate of drug-likeness (QED) is 0.434. The Bertz CT molecular complexity index is 1350. The largest absolute Gasteiger partial charge is 0.505 e. The zero-order valence-electron chi connectivity index (χ0n) is 16.8. The van der Waals surface area contributed by atoms with E-state index in [1.807, 2.05) is 60.7 Å². The third-order valence-corrected chi connectivity index (χ3v) is 5.03. The Morgan fingerprint density at radius 1 is 1.03 bits per heavy atom. The summed E-state index contributed by atoms with van der Waals surface area (Å²) < 4.78 is 1.77. The Hall–Kier alpha value is -4.64. The van der Waals surface area contributed by atoms with Gasteiger partial charge in [-0.05, 0) is 22.8 Å². The minimum Gasteiger partial charge on any atom is -0.505 e. The lowest BCUT2D eigenvalue weighted by Crippen LogP contribution is -2.30. The molecule has 32 heavy (non-hydrogen) atoms. The number of aromatic hydroxyl groups is 1. The van der Waals surface area contributed by atoms with Crippen molar-refractivity contribution in [3.05, 3.63) is 83.8 Å². The first-order valence-corrected chi connectivity index (χ1v) is 9.74. The number of nitrogens with zero attached hydrogens (tertiary/aromatic N) is 3. The molecule has 0 saturated heterocycles. The number of amides is 1. The number of rotatable bonds is 6. The first kappa shape index (κ1) is 20.6. The van der Waals surface area contributed by atoms with Crippen molar-refractivity contribution < 1.29 is 19.8 Å². The van der Waals surface area contributed by atoms with Crippen LogP contribution in [0.3, 0.4) is 0 Å². The lowest BCUT2D eigenvalue weighted by atomic mass is 10.0. The average Bonchev–Trinajstić information content (AvgIpc) is 3.23. The minimum absolute atomic E-state index is 0.0378. The van der Waals surface area contributed by atoms with Gasteiger partial charge >= 0.3 is 5.97 Å². The number of hydrogen-bond donors (Lipinski definition) is 3. The van der Waals surface area contributed by atoms with Gasteiger partial charge in [-0.1, -0.05) is 54.6 Å². The zero-order valence-corrected chi connectivity index (χ0v) is 16.8. The number of carboxylic acid groups (broad SMARTS) is 1. The number of nitriles is 1. The second-order valence-electron chi connectivity index (χ2n) is 7.11. The number of benzene rings is 2. The van der Waals surface area contributed by atoms with Gasteiger partial charge in [-0.15, -0.1) is 0 Å². The summed E-state index contributed by atoms with van der Waals surface area (Å²) >= 11 is 0. The van der Waals surface area contributed by atoms with E-state index in [-0.39, 0.29) is 16.8 Å². The van der Waals surface area contributed by atoms with Gasteiger partial charge in [-0.2, -0.15) is 5.26 Å². The number of aromatic nitrogens is 2. The number of carboxylic acids is 1. The minimum atomic E-state index is -1.23. The number of carbonyl (C=O) groups excluding carboxylic acids is 1. The fourth-order valence-electron chi connectivity index (χ4n) is 3.51. The summed E-state index contributed by atoms with van der Waals surface area (Å²) in [5, 5.41) is 31.3. The standard InChI is InChI=1S/C24H18N4O4/c25-12-19-22-18(23(31)21(27-19)24(32)26-13-20(29)30)10-11-28(22)14-15-6-8-17(9-7-15)16-4-2-1-3-5-16/h1-11,31H,13-14H2,(H,26,32)(H,29,30). The molecule has 0 radical (unpaired) electrons. The van der Waals surface area contributed by atoms with Crippen LogP contribution in [0.1, 0.15) is 21.7 Å². The maximum Gasteiger partial charge on any atom is 0.322 e. The highest BCUT2D eigenvalue weighted by atomic mass is 16.4. The molecule has 0 atom stereocenters. The van der Waals surface area contributed by atoms with Crippen LogP contribution in [0.2, 0.25) is 0 Å². The number of aliphatic carboxylic acids is 1. The van der Waals surface area contributed by atoms with Gasteiger partial charge in [0.05, 0.1) is 5.52 Å². The highest BCUT2D eigenvalue weighted by molar-refractivity contribution is 6.03. The van der Waals surface area contributed by atoms with Crippen LogP contribution < -0.4 is 5.32 Å². The van der Waals surface area contributed by atoms with Gasteiger partial charge in [0, 0.05) is 18.1 Å². The van der Waals surface area contributed by atoms with Crippen molar-refractivity contribution in [1.82, 2.24) is 14.9 Å². The van der Waals surface area contributed by atoms with Crippen LogP contribution in [-0.4, -0.2) is 38.2 Å². The van der Waals surface area contributed by atoms with Gasteiger partial charge in [0.2, 0.25) is 0 Å². The van der Waals surface area contributed by atoms with Crippen LogP contribution in [0.5, 0.6) is 5.75 Å². The Morgan fingerprint density at radius 3 is 2.38 bits per heavy atom. The van der Waals surface area contributed by atoms with E-state index >= 15 is 0 Å². The Morgan fingerprint density at radius 2 is 1.72 bits per heavy atom. The molecule has 2 aromatic heterocycles. The Kier molecular flexibility index (Phi) is 5.55. The summed E-state index contributed by atoms with van der Waals surface area (Å²) in [6.45, 7) is -0.196. The molecule has 158 valence electrons. The normalized spacial score (nSPS) is 10.6. The molecule has 0 aliphatic carbocycles. The summed E-state index contributed by atoms with van der Waals surface area (Å²) in [6, 6.07) is 21.6. The molecule has 0 bridgehead atoms. The molecule has 1 amide bonds. The number of fused-ring (bicyclic) bond motifs is 1. The van der Waals surface area contributed by atoms with Crippen LogP contribution in [0.25, 0.3) is 22.0 Å². The number of hydrogen-bond acceptors (Lipinski definition) is 5. The second-order valence-corrected chi connectivity index (χ2v) is 7.11. The first-order valence-electron chi connectivity index (χ1n) is 9.74. The highest BCUT2D eigenvalue weighted by Gasteiger charge is 2.22. The monoisotopic (exact) mass is 426 g/mol. The van der Waals surface area contributed by atoms with Crippen LogP contribution in [0.4, 0.5) is 0 Å². The van der Waals surface area contributed by atoms with Gasteiger partial charge in [-0.25, -0.2) is 4.98 Å². The fourth-order valence-corrected chi connectivity index (χ4v) is 3.51. The molecule has 3 N–H and O–H groups in total. The maximum absolute atomic E-state index is 12.2. The molecular weight excluding hydrogens is 408 g/mol. The zero-order chi connectivity index (χ0) is 22.7. The SMILES string of the molecule is N#Cc1nc(C(=O)NCC(=O)O)c(O)c2ccn(Cc3ccc(-c4ccccc4)cc3)c12. The van der Waals surface area contributed by atoms with E-state index in [9.17, 15) is 20.0 Å². The summed E-state index contributed by atoms with van der Waals surface area (Å²) in [5.74, 6) is -2.50. The predicted octanol–water partition coefficient (Wildman–Crippen LogP) is 3.14. The maximum atomic E-state index is 12.2. The van der Waals surface area contributed by atoms with Crippen LogP contribution in [0.15, 0.2) is 66.9 Å². The molecule has 0 spiro atoms. The van der Waals surface area contributed by atoms with Crippen molar-refractivity contribution in [2.45, 2.75) is 6.54 Å². The fraction of sp³-hybridized carbons (Fsp3) is 0.0833. The first-order chi connectivity index (χ1) is 15.5. The molecule has 4 aromatic rings. The molecule has 4 rings (SSSR count). The summed E-state index contributed by atoms with van der Waals surface area (Å²) in [6.07, 6.45) is 1.71. The van der Waals surface area contributed by atoms with Gasteiger partial charge in [-0.3, -0.25) is 9.59 Å². The molecule has 0 saturated carbocycles. The van der Waals surface area contributed by atoms with E-state index in [1.165, 1.54) is 0 Å². The van der Waals surface area contributed by atoms with E-state index in [2.05, 4.69) is 10.3 Å². The molecule has 0 aliphatic rings. The van der Waals surface area contributed by atoms with Crippen LogP contribution >= 0.6 is 0 Å². The van der Waals surface area contributed by atoms with Crippen LogP contribution in [-0.2, 0) is 11.3 Å². The summed E-state index contributed by atoms with van der Waals surface area (Å²) in [4.78, 5) is 26.9. The molecular formula is C24H18N4O4. The molecule has 8 nitrogen and oxygen atoms in total. The van der Waals surface area contributed by atoms with Crippen LogP contribution in [0, 0.1) is 11.3 Å².